The highest BCUT2D eigenvalue weighted by molar-refractivity contribution is 7.98. The van der Waals surface area contributed by atoms with Gasteiger partial charge in [0, 0.05) is 23.1 Å². The Morgan fingerprint density at radius 1 is 1.39 bits per heavy atom. The number of rotatable bonds is 5. The summed E-state index contributed by atoms with van der Waals surface area (Å²) in [5.41, 5.74) is 1.59. The highest BCUT2D eigenvalue weighted by Gasteiger charge is 2.07. The highest BCUT2D eigenvalue weighted by Crippen LogP contribution is 2.22. The first-order valence-corrected chi connectivity index (χ1v) is 6.76. The van der Waals surface area contributed by atoms with E-state index in [1.54, 1.807) is 12.3 Å². The molecule has 0 fully saturated rings. The molecule has 96 valence electrons. The summed E-state index contributed by atoms with van der Waals surface area (Å²) >= 11 is 1.45. The van der Waals surface area contributed by atoms with Crippen molar-refractivity contribution >= 4 is 22.7 Å². The summed E-state index contributed by atoms with van der Waals surface area (Å²) < 4.78 is 13.4. The van der Waals surface area contributed by atoms with Gasteiger partial charge in [-0.05, 0) is 23.8 Å². The second kappa shape index (κ2) is 6.13. The molecular weight excluding hydrogens is 253 g/mol. The van der Waals surface area contributed by atoms with Crippen molar-refractivity contribution in [3.8, 4) is 0 Å². The molecule has 0 spiro atoms. The van der Waals surface area contributed by atoms with E-state index in [2.05, 4.69) is 4.98 Å². The van der Waals surface area contributed by atoms with Crippen LogP contribution in [0, 0.1) is 5.82 Å². The Morgan fingerprint density at radius 3 is 3.00 bits per heavy atom. The molecule has 2 rings (SSSR count). The molecule has 2 N–H and O–H groups in total. The fourth-order valence-corrected chi connectivity index (χ4v) is 2.63. The number of aliphatic hydroxyl groups is 2. The fraction of sp³-hybridized carbons (Fsp3) is 0.308. The molecule has 1 heterocycles. The van der Waals surface area contributed by atoms with Gasteiger partial charge in [-0.3, -0.25) is 4.98 Å². The van der Waals surface area contributed by atoms with E-state index in [1.807, 2.05) is 6.07 Å². The van der Waals surface area contributed by atoms with Crippen LogP contribution in [0.4, 0.5) is 4.39 Å². The first-order chi connectivity index (χ1) is 8.70. The van der Waals surface area contributed by atoms with Crippen LogP contribution < -0.4 is 0 Å². The summed E-state index contributed by atoms with van der Waals surface area (Å²) in [4.78, 5) is 4.25. The molecule has 1 atom stereocenters. The lowest BCUT2D eigenvalue weighted by Crippen LogP contribution is -2.14. The summed E-state index contributed by atoms with van der Waals surface area (Å²) in [5, 5.41) is 18.7. The number of aromatic nitrogens is 1. The molecule has 0 bridgehead atoms. The standard InChI is InChI=1S/C13H14FNO2S/c14-11-4-9-2-1-3-15-13(9)10(5-11)7-18-8-12(17)6-16/h1-5,12,16-17H,6-8H2. The normalized spacial score (nSPS) is 12.8. The van der Waals surface area contributed by atoms with Gasteiger partial charge in [0.2, 0.25) is 0 Å². The van der Waals surface area contributed by atoms with E-state index < -0.39 is 6.10 Å². The van der Waals surface area contributed by atoms with Gasteiger partial charge in [0.1, 0.15) is 5.82 Å². The minimum Gasteiger partial charge on any atom is -0.394 e. The topological polar surface area (TPSA) is 53.4 Å². The highest BCUT2D eigenvalue weighted by atomic mass is 32.2. The third-order valence-electron chi connectivity index (χ3n) is 2.53. The monoisotopic (exact) mass is 267 g/mol. The molecule has 0 aliphatic rings. The minimum absolute atomic E-state index is 0.255. The van der Waals surface area contributed by atoms with E-state index in [-0.39, 0.29) is 12.4 Å². The van der Waals surface area contributed by atoms with E-state index >= 15 is 0 Å². The van der Waals surface area contributed by atoms with E-state index in [9.17, 15) is 9.50 Å². The largest absolute Gasteiger partial charge is 0.394 e. The molecule has 0 radical (unpaired) electrons. The van der Waals surface area contributed by atoms with Crippen LogP contribution in [0.25, 0.3) is 10.9 Å². The first-order valence-electron chi connectivity index (χ1n) is 5.60. The average Bonchev–Trinajstić information content (AvgIpc) is 2.38. The van der Waals surface area contributed by atoms with Gasteiger partial charge < -0.3 is 10.2 Å². The Labute approximate surface area is 109 Å². The number of halogens is 1. The first kappa shape index (κ1) is 13.3. The Morgan fingerprint density at radius 2 is 2.22 bits per heavy atom. The quantitative estimate of drug-likeness (QED) is 0.869. The molecule has 1 unspecified atom stereocenters. The summed E-state index contributed by atoms with van der Waals surface area (Å²) in [7, 11) is 0. The van der Waals surface area contributed by atoms with Gasteiger partial charge in [-0.25, -0.2) is 4.39 Å². The van der Waals surface area contributed by atoms with Crippen molar-refractivity contribution in [2.75, 3.05) is 12.4 Å². The Balaban J connectivity index is 2.17. The lowest BCUT2D eigenvalue weighted by atomic mass is 10.1. The molecule has 18 heavy (non-hydrogen) atoms. The van der Waals surface area contributed by atoms with Crippen LogP contribution in [0.15, 0.2) is 30.5 Å². The average molecular weight is 267 g/mol. The second-order valence-electron chi connectivity index (χ2n) is 3.99. The van der Waals surface area contributed by atoms with E-state index in [4.69, 9.17) is 5.11 Å². The third-order valence-corrected chi connectivity index (χ3v) is 3.66. The molecule has 1 aromatic heterocycles. The summed E-state index contributed by atoms with van der Waals surface area (Å²) in [6.45, 7) is -0.255. The Kier molecular flexibility index (Phi) is 4.52. The molecule has 0 saturated carbocycles. The van der Waals surface area contributed by atoms with Crippen LogP contribution >= 0.6 is 11.8 Å². The van der Waals surface area contributed by atoms with Crippen molar-refractivity contribution in [2.45, 2.75) is 11.9 Å². The zero-order valence-electron chi connectivity index (χ0n) is 9.71. The number of fused-ring (bicyclic) bond motifs is 1. The second-order valence-corrected chi connectivity index (χ2v) is 5.02. The number of pyridine rings is 1. The SMILES string of the molecule is OCC(O)CSCc1cc(F)cc2cccnc12. The zero-order valence-corrected chi connectivity index (χ0v) is 10.5. The molecule has 0 aliphatic carbocycles. The lowest BCUT2D eigenvalue weighted by molar-refractivity contribution is 0.113. The van der Waals surface area contributed by atoms with Gasteiger partial charge in [-0.2, -0.15) is 11.8 Å². The van der Waals surface area contributed by atoms with Gasteiger partial charge in [-0.15, -0.1) is 0 Å². The molecule has 0 saturated heterocycles. The number of aliphatic hydroxyl groups excluding tert-OH is 2. The van der Waals surface area contributed by atoms with Crippen molar-refractivity contribution < 1.29 is 14.6 Å². The van der Waals surface area contributed by atoms with Crippen molar-refractivity contribution in [2.24, 2.45) is 0 Å². The third kappa shape index (κ3) is 3.19. The Hall–Kier alpha value is -1.17. The van der Waals surface area contributed by atoms with Crippen LogP contribution in [-0.4, -0.2) is 33.7 Å². The molecule has 3 nitrogen and oxygen atoms in total. The minimum atomic E-state index is -0.734. The fourth-order valence-electron chi connectivity index (χ4n) is 1.70. The lowest BCUT2D eigenvalue weighted by Gasteiger charge is -2.08. The maximum absolute atomic E-state index is 13.4. The molecule has 5 heteroatoms. The summed E-state index contributed by atoms with van der Waals surface area (Å²) in [6, 6.07) is 6.52. The van der Waals surface area contributed by atoms with Crippen molar-refractivity contribution in [3.05, 3.63) is 41.8 Å². The van der Waals surface area contributed by atoms with E-state index in [1.165, 1.54) is 23.9 Å². The predicted octanol–water partition coefficient (Wildman–Crippen LogP) is 1.96. The number of benzene rings is 1. The van der Waals surface area contributed by atoms with Crippen LogP contribution in [0.3, 0.4) is 0 Å². The molecule has 0 amide bonds. The number of hydrogen-bond acceptors (Lipinski definition) is 4. The molecule has 0 aliphatic heterocycles. The zero-order chi connectivity index (χ0) is 13.0. The Bertz CT molecular complexity index is 535. The van der Waals surface area contributed by atoms with Gasteiger partial charge in [-0.1, -0.05) is 6.07 Å². The summed E-state index contributed by atoms with van der Waals surface area (Å²) in [5.74, 6) is 0.692. The van der Waals surface area contributed by atoms with Gasteiger partial charge >= 0.3 is 0 Å². The number of hydrogen-bond donors (Lipinski definition) is 2. The van der Waals surface area contributed by atoms with Crippen molar-refractivity contribution in [1.82, 2.24) is 4.98 Å². The summed E-state index contributed by atoms with van der Waals surface area (Å²) in [6.07, 6.45) is 0.944. The van der Waals surface area contributed by atoms with E-state index in [0.29, 0.717) is 11.5 Å². The van der Waals surface area contributed by atoms with Crippen LogP contribution in [-0.2, 0) is 5.75 Å². The predicted molar refractivity (Wildman–Crippen MR) is 71.0 cm³/mol. The molecule has 1 aromatic carbocycles. The molecular formula is C13H14FNO2S. The van der Waals surface area contributed by atoms with Gasteiger partial charge in [0.25, 0.3) is 0 Å². The molecule has 2 aromatic rings. The van der Waals surface area contributed by atoms with Gasteiger partial charge in [0.15, 0.2) is 0 Å². The number of nitrogens with zero attached hydrogens (tertiary/aromatic N) is 1. The van der Waals surface area contributed by atoms with E-state index in [0.717, 1.165) is 16.5 Å². The maximum atomic E-state index is 13.4. The smallest absolute Gasteiger partial charge is 0.124 e. The van der Waals surface area contributed by atoms with Crippen LogP contribution in [0.5, 0.6) is 0 Å². The van der Waals surface area contributed by atoms with Gasteiger partial charge in [0.05, 0.1) is 18.2 Å². The van der Waals surface area contributed by atoms with Crippen LogP contribution in [0.1, 0.15) is 5.56 Å². The van der Waals surface area contributed by atoms with Crippen molar-refractivity contribution in [1.29, 1.82) is 0 Å². The number of thioether (sulfide) groups is 1. The maximum Gasteiger partial charge on any atom is 0.124 e. The van der Waals surface area contributed by atoms with Crippen molar-refractivity contribution in [3.63, 3.8) is 0 Å². The van der Waals surface area contributed by atoms with Crippen LogP contribution in [0.2, 0.25) is 0 Å².